The van der Waals surface area contributed by atoms with E-state index in [-0.39, 0.29) is 0 Å². The molecule has 0 aliphatic rings. The Kier molecular flexibility index (Phi) is 4.79. The predicted molar refractivity (Wildman–Crippen MR) is 158 cm³/mol. The topological polar surface area (TPSA) is 51.8 Å². The van der Waals surface area contributed by atoms with Crippen LogP contribution in [-0.4, -0.2) is 15.0 Å². The van der Waals surface area contributed by atoms with Crippen molar-refractivity contribution in [1.29, 1.82) is 0 Å². The third-order valence-electron chi connectivity index (χ3n) is 7.30. The van der Waals surface area contributed by atoms with Gasteiger partial charge in [0.05, 0.1) is 0 Å². The number of fused-ring (bicyclic) bond motifs is 7. The molecular weight excluding hydrogens is 478 g/mol. The van der Waals surface area contributed by atoms with Gasteiger partial charge < -0.3 is 4.42 Å². The lowest BCUT2D eigenvalue weighted by Crippen LogP contribution is -2.00. The van der Waals surface area contributed by atoms with E-state index in [2.05, 4.69) is 54.6 Å². The van der Waals surface area contributed by atoms with Gasteiger partial charge in [-0.1, -0.05) is 109 Å². The van der Waals surface area contributed by atoms with Crippen molar-refractivity contribution in [2.45, 2.75) is 0 Å². The second kappa shape index (κ2) is 8.61. The van der Waals surface area contributed by atoms with E-state index in [1.54, 1.807) is 0 Å². The molecule has 0 atom stereocenters. The van der Waals surface area contributed by atoms with Crippen molar-refractivity contribution in [3.8, 4) is 34.2 Å². The molecule has 0 fully saturated rings. The van der Waals surface area contributed by atoms with Crippen LogP contribution in [0.5, 0.6) is 0 Å². The van der Waals surface area contributed by atoms with Crippen molar-refractivity contribution < 1.29 is 4.42 Å². The van der Waals surface area contributed by atoms with Gasteiger partial charge in [-0.2, -0.15) is 0 Å². The van der Waals surface area contributed by atoms with E-state index in [1.165, 1.54) is 5.39 Å². The fourth-order valence-corrected chi connectivity index (χ4v) is 5.53. The van der Waals surface area contributed by atoms with Crippen LogP contribution in [0.25, 0.3) is 77.6 Å². The second-order valence-corrected chi connectivity index (χ2v) is 9.64. The number of furan rings is 1. The van der Waals surface area contributed by atoms with Crippen LogP contribution in [0.2, 0.25) is 0 Å². The molecule has 2 heterocycles. The zero-order valence-electron chi connectivity index (χ0n) is 20.9. The third-order valence-corrected chi connectivity index (χ3v) is 7.30. The third kappa shape index (κ3) is 3.50. The van der Waals surface area contributed by atoms with Gasteiger partial charge in [-0.15, -0.1) is 0 Å². The van der Waals surface area contributed by atoms with E-state index >= 15 is 0 Å². The number of hydrogen-bond acceptors (Lipinski definition) is 4. The zero-order chi connectivity index (χ0) is 25.8. The molecule has 8 aromatic rings. The van der Waals surface area contributed by atoms with E-state index in [0.29, 0.717) is 17.5 Å². The summed E-state index contributed by atoms with van der Waals surface area (Å²) in [7, 11) is 0. The van der Waals surface area contributed by atoms with Crippen LogP contribution in [0.4, 0.5) is 0 Å². The van der Waals surface area contributed by atoms with Gasteiger partial charge >= 0.3 is 0 Å². The molecule has 0 saturated heterocycles. The molecular formula is C35H21N3O. The maximum absolute atomic E-state index is 6.22. The summed E-state index contributed by atoms with van der Waals surface area (Å²) in [6, 6.07) is 43.3. The Morgan fingerprint density at radius 2 is 0.974 bits per heavy atom. The van der Waals surface area contributed by atoms with Gasteiger partial charge in [-0.3, -0.25) is 0 Å². The molecule has 2 aromatic heterocycles. The van der Waals surface area contributed by atoms with Gasteiger partial charge in [0.1, 0.15) is 11.2 Å². The highest BCUT2D eigenvalue weighted by atomic mass is 16.3. The standard InChI is InChI=1S/C35H21N3O/c1-3-11-22(12-4-1)33-36-34(23-13-5-2-6-14-23)38-35(37-33)28-21-24-19-20-30-32(27-17-9-10-18-29(27)39-30)31(24)26-16-8-7-15-25(26)28/h1-21H. The molecule has 0 bridgehead atoms. The molecule has 4 heteroatoms. The number of para-hydroxylation sites is 1. The first kappa shape index (κ1) is 21.7. The molecule has 0 aliphatic carbocycles. The summed E-state index contributed by atoms with van der Waals surface area (Å²) < 4.78 is 6.22. The van der Waals surface area contributed by atoms with Gasteiger partial charge in [0.2, 0.25) is 0 Å². The molecule has 0 aliphatic heterocycles. The summed E-state index contributed by atoms with van der Waals surface area (Å²) in [6.07, 6.45) is 0. The molecule has 182 valence electrons. The highest BCUT2D eigenvalue weighted by molar-refractivity contribution is 6.28. The number of hydrogen-bond donors (Lipinski definition) is 0. The summed E-state index contributed by atoms with van der Waals surface area (Å²) in [5, 5.41) is 6.78. The van der Waals surface area contributed by atoms with Gasteiger partial charge in [0.15, 0.2) is 17.5 Å². The van der Waals surface area contributed by atoms with Crippen LogP contribution < -0.4 is 0 Å². The first-order chi connectivity index (χ1) is 19.3. The molecule has 0 N–H and O–H groups in total. The van der Waals surface area contributed by atoms with E-state index in [4.69, 9.17) is 19.4 Å². The summed E-state index contributed by atoms with van der Waals surface area (Å²) in [5.41, 5.74) is 4.66. The lowest BCUT2D eigenvalue weighted by Gasteiger charge is -2.13. The summed E-state index contributed by atoms with van der Waals surface area (Å²) in [5.74, 6) is 1.96. The highest BCUT2D eigenvalue weighted by Gasteiger charge is 2.18. The fraction of sp³-hybridized carbons (Fsp3) is 0. The SMILES string of the molecule is c1ccc(-c2nc(-c3ccccc3)nc(-c3cc4ccc5oc6ccccc6c5c4c4ccccc34)n2)cc1. The van der Waals surface area contributed by atoms with Crippen LogP contribution in [-0.2, 0) is 0 Å². The monoisotopic (exact) mass is 499 g/mol. The second-order valence-electron chi connectivity index (χ2n) is 9.64. The van der Waals surface area contributed by atoms with Crippen molar-refractivity contribution in [3.05, 3.63) is 127 Å². The van der Waals surface area contributed by atoms with Crippen molar-refractivity contribution in [2.75, 3.05) is 0 Å². The number of rotatable bonds is 3. The Labute approximate surface area is 224 Å². The Morgan fingerprint density at radius 3 is 1.67 bits per heavy atom. The predicted octanol–water partition coefficient (Wildman–Crippen LogP) is 9.08. The van der Waals surface area contributed by atoms with Crippen LogP contribution in [0.3, 0.4) is 0 Å². The number of nitrogens with zero attached hydrogens (tertiary/aromatic N) is 3. The first-order valence-corrected chi connectivity index (χ1v) is 13.0. The van der Waals surface area contributed by atoms with E-state index in [9.17, 15) is 0 Å². The lowest BCUT2D eigenvalue weighted by atomic mass is 9.94. The van der Waals surface area contributed by atoms with E-state index < -0.39 is 0 Å². The normalized spacial score (nSPS) is 11.6. The van der Waals surface area contributed by atoms with Crippen molar-refractivity contribution in [1.82, 2.24) is 15.0 Å². The molecule has 6 aromatic carbocycles. The molecule has 0 saturated carbocycles. The van der Waals surface area contributed by atoms with Crippen molar-refractivity contribution in [3.63, 3.8) is 0 Å². The summed E-state index contributed by atoms with van der Waals surface area (Å²) in [4.78, 5) is 14.9. The maximum atomic E-state index is 6.22. The first-order valence-electron chi connectivity index (χ1n) is 13.0. The largest absolute Gasteiger partial charge is 0.456 e. The van der Waals surface area contributed by atoms with Crippen molar-refractivity contribution >= 4 is 43.5 Å². The van der Waals surface area contributed by atoms with Gasteiger partial charge in [0, 0.05) is 32.8 Å². The molecule has 0 radical (unpaired) electrons. The average molecular weight is 500 g/mol. The van der Waals surface area contributed by atoms with Gasteiger partial charge in [-0.25, -0.2) is 15.0 Å². The molecule has 0 amide bonds. The van der Waals surface area contributed by atoms with Gasteiger partial charge in [-0.05, 0) is 34.4 Å². The molecule has 8 rings (SSSR count). The van der Waals surface area contributed by atoms with E-state index in [1.807, 2.05) is 72.8 Å². The minimum Gasteiger partial charge on any atom is -0.456 e. The average Bonchev–Trinajstić information content (AvgIpc) is 3.40. The van der Waals surface area contributed by atoms with Crippen LogP contribution in [0, 0.1) is 0 Å². The van der Waals surface area contributed by atoms with Crippen LogP contribution in [0.15, 0.2) is 132 Å². The Bertz CT molecular complexity index is 2110. The van der Waals surface area contributed by atoms with Crippen LogP contribution in [0.1, 0.15) is 0 Å². The summed E-state index contributed by atoms with van der Waals surface area (Å²) >= 11 is 0. The molecule has 0 spiro atoms. The Hall–Kier alpha value is -5.35. The fourth-order valence-electron chi connectivity index (χ4n) is 5.53. The lowest BCUT2D eigenvalue weighted by molar-refractivity contribution is 0.669. The maximum Gasteiger partial charge on any atom is 0.164 e. The Morgan fingerprint density at radius 1 is 0.410 bits per heavy atom. The minimum atomic E-state index is 0.651. The van der Waals surface area contributed by atoms with Gasteiger partial charge in [0.25, 0.3) is 0 Å². The Balaban J connectivity index is 1.47. The highest BCUT2D eigenvalue weighted by Crippen LogP contribution is 2.41. The minimum absolute atomic E-state index is 0.651. The summed E-state index contributed by atoms with van der Waals surface area (Å²) in [6.45, 7) is 0. The number of aromatic nitrogens is 3. The smallest absolute Gasteiger partial charge is 0.164 e. The van der Waals surface area contributed by atoms with E-state index in [0.717, 1.165) is 54.8 Å². The molecule has 4 nitrogen and oxygen atoms in total. The van der Waals surface area contributed by atoms with Crippen molar-refractivity contribution in [2.24, 2.45) is 0 Å². The number of benzene rings is 6. The quantitative estimate of drug-likeness (QED) is 0.228. The zero-order valence-corrected chi connectivity index (χ0v) is 20.9. The van der Waals surface area contributed by atoms with Crippen LogP contribution >= 0.6 is 0 Å². The molecule has 0 unspecified atom stereocenters. The molecule has 39 heavy (non-hydrogen) atoms.